The zero-order chi connectivity index (χ0) is 15.2. The molecule has 5 heteroatoms. The molecule has 0 heterocycles. The molecule has 0 aromatic heterocycles. The lowest BCUT2D eigenvalue weighted by Gasteiger charge is -2.20. The van der Waals surface area contributed by atoms with Crippen LogP contribution >= 0.6 is 0 Å². The number of benzene rings is 2. The van der Waals surface area contributed by atoms with E-state index in [1.165, 1.54) is 12.1 Å². The van der Waals surface area contributed by atoms with Crippen molar-refractivity contribution in [1.29, 1.82) is 0 Å². The second kappa shape index (κ2) is 6.92. The molecular formula is C16H17F2NO2. The summed E-state index contributed by atoms with van der Waals surface area (Å²) in [5.41, 5.74) is 1.57. The van der Waals surface area contributed by atoms with Gasteiger partial charge in [-0.25, -0.2) is 0 Å². The highest BCUT2D eigenvalue weighted by molar-refractivity contribution is 5.49. The lowest BCUT2D eigenvalue weighted by molar-refractivity contribution is -0.0498. The summed E-state index contributed by atoms with van der Waals surface area (Å²) in [6.07, 6.45) is 0.771. The summed E-state index contributed by atoms with van der Waals surface area (Å²) >= 11 is 0. The second-order valence-electron chi connectivity index (χ2n) is 4.57. The minimum absolute atomic E-state index is 0.0620. The van der Waals surface area contributed by atoms with Crippen LogP contribution in [0.1, 0.15) is 24.9 Å². The Kier molecular flexibility index (Phi) is 4.98. The topological polar surface area (TPSA) is 41.5 Å². The maximum Gasteiger partial charge on any atom is 0.387 e. The monoisotopic (exact) mass is 293 g/mol. The van der Waals surface area contributed by atoms with Gasteiger partial charge in [-0.1, -0.05) is 25.1 Å². The Labute approximate surface area is 122 Å². The lowest BCUT2D eigenvalue weighted by atomic mass is 10.0. The van der Waals surface area contributed by atoms with Crippen LogP contribution in [-0.4, -0.2) is 11.7 Å². The molecule has 112 valence electrons. The highest BCUT2D eigenvalue weighted by Gasteiger charge is 2.13. The molecule has 0 aliphatic carbocycles. The molecule has 0 bridgehead atoms. The fraction of sp³-hybridized carbons (Fsp3) is 0.250. The van der Waals surface area contributed by atoms with E-state index in [0.29, 0.717) is 0 Å². The van der Waals surface area contributed by atoms with Gasteiger partial charge in [0.1, 0.15) is 11.5 Å². The Hall–Kier alpha value is -2.30. The van der Waals surface area contributed by atoms with Gasteiger partial charge in [0.25, 0.3) is 0 Å². The van der Waals surface area contributed by atoms with Crippen molar-refractivity contribution in [3.63, 3.8) is 0 Å². The summed E-state index contributed by atoms with van der Waals surface area (Å²) in [5.74, 6) is 0.348. The molecule has 0 spiro atoms. The normalized spacial score (nSPS) is 12.2. The van der Waals surface area contributed by atoms with Crippen LogP contribution in [0.3, 0.4) is 0 Å². The molecular weight excluding hydrogens is 276 g/mol. The molecule has 2 aromatic carbocycles. The SMILES string of the molecule is CCC(Nc1ccc(OC(F)F)cc1)c1ccccc1O. The van der Waals surface area contributed by atoms with Crippen LogP contribution in [0.2, 0.25) is 0 Å². The fourth-order valence-corrected chi connectivity index (χ4v) is 2.12. The van der Waals surface area contributed by atoms with E-state index in [9.17, 15) is 13.9 Å². The van der Waals surface area contributed by atoms with Crippen LogP contribution in [0.15, 0.2) is 48.5 Å². The number of halogens is 2. The third kappa shape index (κ3) is 4.08. The van der Waals surface area contributed by atoms with Gasteiger partial charge in [-0.15, -0.1) is 0 Å². The van der Waals surface area contributed by atoms with Crippen molar-refractivity contribution in [3.8, 4) is 11.5 Å². The number of nitrogens with one attached hydrogen (secondary N) is 1. The van der Waals surface area contributed by atoms with Gasteiger partial charge in [-0.05, 0) is 36.8 Å². The molecule has 1 unspecified atom stereocenters. The van der Waals surface area contributed by atoms with E-state index >= 15 is 0 Å². The Morgan fingerprint density at radius 2 is 1.76 bits per heavy atom. The highest BCUT2D eigenvalue weighted by Crippen LogP contribution is 2.29. The summed E-state index contributed by atoms with van der Waals surface area (Å²) in [7, 11) is 0. The summed E-state index contributed by atoms with van der Waals surface area (Å²) in [5, 5.41) is 13.2. The standard InChI is InChI=1S/C16H17F2NO2/c1-2-14(13-5-3-4-6-15(13)20)19-11-7-9-12(10-8-11)21-16(17)18/h3-10,14,16,19-20H,2H2,1H3. The van der Waals surface area contributed by atoms with E-state index in [1.54, 1.807) is 24.3 Å². The van der Waals surface area contributed by atoms with E-state index in [-0.39, 0.29) is 17.5 Å². The van der Waals surface area contributed by atoms with Crippen LogP contribution in [0.25, 0.3) is 0 Å². The quantitative estimate of drug-likeness (QED) is 0.820. The van der Waals surface area contributed by atoms with Gasteiger partial charge in [0.15, 0.2) is 0 Å². The van der Waals surface area contributed by atoms with Crippen molar-refractivity contribution in [2.75, 3.05) is 5.32 Å². The molecule has 0 aliphatic heterocycles. The maximum absolute atomic E-state index is 12.1. The first kappa shape index (κ1) is 15.1. The minimum atomic E-state index is -2.83. The van der Waals surface area contributed by atoms with Crippen LogP contribution in [0, 0.1) is 0 Å². The summed E-state index contributed by atoms with van der Waals surface area (Å²) in [6, 6.07) is 13.3. The third-order valence-corrected chi connectivity index (χ3v) is 3.14. The average Bonchev–Trinajstić information content (AvgIpc) is 2.47. The molecule has 0 saturated heterocycles. The zero-order valence-corrected chi connectivity index (χ0v) is 11.6. The first-order chi connectivity index (χ1) is 10.1. The van der Waals surface area contributed by atoms with E-state index in [0.717, 1.165) is 17.7 Å². The molecule has 0 aliphatic rings. The Balaban J connectivity index is 2.10. The van der Waals surface area contributed by atoms with Crippen molar-refractivity contribution in [2.45, 2.75) is 26.0 Å². The molecule has 3 nitrogen and oxygen atoms in total. The predicted molar refractivity (Wildman–Crippen MR) is 77.8 cm³/mol. The van der Waals surface area contributed by atoms with Crippen molar-refractivity contribution in [1.82, 2.24) is 0 Å². The number of para-hydroxylation sites is 1. The highest BCUT2D eigenvalue weighted by atomic mass is 19.3. The van der Waals surface area contributed by atoms with Gasteiger partial charge in [0.2, 0.25) is 0 Å². The van der Waals surface area contributed by atoms with Crippen molar-refractivity contribution in [3.05, 3.63) is 54.1 Å². The number of ether oxygens (including phenoxy) is 1. The number of phenolic OH excluding ortho intramolecular Hbond substituents is 1. The van der Waals surface area contributed by atoms with Gasteiger partial charge >= 0.3 is 6.61 Å². The summed E-state index contributed by atoms with van der Waals surface area (Å²) in [6.45, 7) is -0.827. The van der Waals surface area contributed by atoms with Gasteiger partial charge in [0.05, 0.1) is 6.04 Å². The van der Waals surface area contributed by atoms with Crippen LogP contribution in [0.5, 0.6) is 11.5 Å². The number of alkyl halides is 2. The van der Waals surface area contributed by atoms with Crippen LogP contribution in [0.4, 0.5) is 14.5 Å². The molecule has 1 atom stereocenters. The number of rotatable bonds is 6. The third-order valence-electron chi connectivity index (χ3n) is 3.14. The van der Waals surface area contributed by atoms with E-state index in [4.69, 9.17) is 0 Å². The van der Waals surface area contributed by atoms with Crippen molar-refractivity contribution < 1.29 is 18.6 Å². The average molecular weight is 293 g/mol. The Bertz CT molecular complexity index is 573. The Morgan fingerprint density at radius 1 is 1.10 bits per heavy atom. The number of anilines is 1. The predicted octanol–water partition coefficient (Wildman–Crippen LogP) is 4.56. The van der Waals surface area contributed by atoms with Crippen molar-refractivity contribution >= 4 is 5.69 Å². The zero-order valence-electron chi connectivity index (χ0n) is 11.6. The molecule has 0 fully saturated rings. The second-order valence-corrected chi connectivity index (χ2v) is 4.57. The fourth-order valence-electron chi connectivity index (χ4n) is 2.12. The van der Waals surface area contributed by atoms with Gasteiger partial charge in [-0.2, -0.15) is 8.78 Å². The maximum atomic E-state index is 12.1. The molecule has 0 radical (unpaired) electrons. The van der Waals surface area contributed by atoms with Gasteiger partial charge in [-0.3, -0.25) is 0 Å². The number of aromatic hydroxyl groups is 1. The molecule has 0 amide bonds. The largest absolute Gasteiger partial charge is 0.508 e. The van der Waals surface area contributed by atoms with E-state index in [2.05, 4.69) is 10.1 Å². The summed E-state index contributed by atoms with van der Waals surface area (Å²) in [4.78, 5) is 0. The van der Waals surface area contributed by atoms with E-state index < -0.39 is 6.61 Å². The Morgan fingerprint density at radius 3 is 2.33 bits per heavy atom. The van der Waals surface area contributed by atoms with E-state index in [1.807, 2.05) is 19.1 Å². The van der Waals surface area contributed by atoms with Gasteiger partial charge in [0, 0.05) is 11.3 Å². The first-order valence-electron chi connectivity index (χ1n) is 6.69. The number of phenols is 1. The smallest absolute Gasteiger partial charge is 0.387 e. The molecule has 2 N–H and O–H groups in total. The summed E-state index contributed by atoms with van der Waals surface area (Å²) < 4.78 is 28.5. The van der Waals surface area contributed by atoms with Crippen LogP contribution < -0.4 is 10.1 Å². The molecule has 2 rings (SSSR count). The van der Waals surface area contributed by atoms with Crippen LogP contribution in [-0.2, 0) is 0 Å². The first-order valence-corrected chi connectivity index (χ1v) is 6.69. The minimum Gasteiger partial charge on any atom is -0.508 e. The lowest BCUT2D eigenvalue weighted by Crippen LogP contribution is -2.10. The number of hydrogen-bond donors (Lipinski definition) is 2. The molecule has 21 heavy (non-hydrogen) atoms. The number of hydrogen-bond acceptors (Lipinski definition) is 3. The molecule has 2 aromatic rings. The van der Waals surface area contributed by atoms with Crippen molar-refractivity contribution in [2.24, 2.45) is 0 Å². The van der Waals surface area contributed by atoms with Gasteiger partial charge < -0.3 is 15.2 Å². The molecule has 0 saturated carbocycles.